The highest BCUT2D eigenvalue weighted by Crippen LogP contribution is 2.47. The van der Waals surface area contributed by atoms with Gasteiger partial charge in [-0.1, -0.05) is 30.3 Å². The van der Waals surface area contributed by atoms with Crippen LogP contribution in [0.1, 0.15) is 18.4 Å². The van der Waals surface area contributed by atoms with Gasteiger partial charge in [0.05, 0.1) is 5.41 Å². The summed E-state index contributed by atoms with van der Waals surface area (Å²) in [6.45, 7) is 0. The smallest absolute Gasteiger partial charge is 0.228 e. The second kappa shape index (κ2) is 2.34. The third-order valence-corrected chi connectivity index (χ3v) is 2.55. The zero-order valence-electron chi connectivity index (χ0n) is 6.79. The van der Waals surface area contributed by atoms with Crippen LogP contribution in [0, 0.1) is 0 Å². The number of rotatable bonds is 2. The molecule has 2 rings (SSSR count). The van der Waals surface area contributed by atoms with Crippen LogP contribution >= 0.6 is 0 Å². The summed E-state index contributed by atoms with van der Waals surface area (Å²) in [5, 5.41) is 0. The fourth-order valence-corrected chi connectivity index (χ4v) is 1.56. The van der Waals surface area contributed by atoms with Crippen LogP contribution in [0.4, 0.5) is 0 Å². The molecule has 0 saturated heterocycles. The minimum Gasteiger partial charge on any atom is -0.369 e. The Balaban J connectivity index is 2.37. The molecule has 2 nitrogen and oxygen atoms in total. The lowest BCUT2D eigenvalue weighted by atomic mass is 9.96. The van der Waals surface area contributed by atoms with Crippen molar-refractivity contribution in [1.82, 2.24) is 0 Å². The Kier molecular flexibility index (Phi) is 1.43. The maximum Gasteiger partial charge on any atom is 0.228 e. The molecular formula is C10H11NO. The van der Waals surface area contributed by atoms with Gasteiger partial charge in [-0.2, -0.15) is 0 Å². The summed E-state index contributed by atoms with van der Waals surface area (Å²) in [6, 6.07) is 9.77. The Morgan fingerprint density at radius 2 is 1.83 bits per heavy atom. The molecule has 1 aliphatic rings. The highest BCUT2D eigenvalue weighted by molar-refractivity contribution is 5.89. The summed E-state index contributed by atoms with van der Waals surface area (Å²) in [5.74, 6) is -0.186. The van der Waals surface area contributed by atoms with Crippen LogP contribution in [-0.4, -0.2) is 5.91 Å². The summed E-state index contributed by atoms with van der Waals surface area (Å²) >= 11 is 0. The molecule has 0 unspecified atom stereocenters. The van der Waals surface area contributed by atoms with E-state index in [2.05, 4.69) is 0 Å². The molecule has 0 radical (unpaired) electrons. The molecule has 0 aliphatic heterocycles. The Labute approximate surface area is 71.4 Å². The van der Waals surface area contributed by atoms with E-state index in [0.717, 1.165) is 18.4 Å². The fourth-order valence-electron chi connectivity index (χ4n) is 1.56. The molecule has 62 valence electrons. The normalized spacial score (nSPS) is 18.7. The molecule has 0 atom stereocenters. The van der Waals surface area contributed by atoms with Crippen LogP contribution in [0.15, 0.2) is 30.3 Å². The van der Waals surface area contributed by atoms with Gasteiger partial charge in [-0.3, -0.25) is 4.79 Å². The Hall–Kier alpha value is -1.31. The van der Waals surface area contributed by atoms with E-state index in [-0.39, 0.29) is 11.3 Å². The molecule has 0 spiro atoms. The molecule has 2 heteroatoms. The predicted molar refractivity (Wildman–Crippen MR) is 46.5 cm³/mol. The van der Waals surface area contributed by atoms with E-state index in [0.29, 0.717) is 0 Å². The maximum absolute atomic E-state index is 11.1. The number of amides is 1. The zero-order chi connectivity index (χ0) is 8.60. The second-order valence-electron chi connectivity index (χ2n) is 3.31. The lowest BCUT2D eigenvalue weighted by molar-refractivity contribution is -0.120. The van der Waals surface area contributed by atoms with Gasteiger partial charge >= 0.3 is 0 Å². The summed E-state index contributed by atoms with van der Waals surface area (Å²) in [6.07, 6.45) is 1.82. The molecule has 1 amide bonds. The Morgan fingerprint density at radius 1 is 1.25 bits per heavy atom. The number of carbonyl (C=O) groups is 1. The van der Waals surface area contributed by atoms with E-state index in [1.807, 2.05) is 30.3 Å². The van der Waals surface area contributed by atoms with Crippen LogP contribution < -0.4 is 5.73 Å². The van der Waals surface area contributed by atoms with Gasteiger partial charge in [0.15, 0.2) is 0 Å². The van der Waals surface area contributed by atoms with Gasteiger partial charge in [0.2, 0.25) is 5.91 Å². The molecule has 1 aromatic carbocycles. The SMILES string of the molecule is NC(=O)C1(c2ccccc2)CC1. The molecule has 0 heterocycles. The first-order valence-electron chi connectivity index (χ1n) is 4.11. The standard InChI is InChI=1S/C10H11NO/c11-9(12)10(6-7-10)8-4-2-1-3-5-8/h1-5H,6-7H2,(H2,11,12). The zero-order valence-corrected chi connectivity index (χ0v) is 6.79. The highest BCUT2D eigenvalue weighted by atomic mass is 16.1. The summed E-state index contributed by atoms with van der Waals surface area (Å²) < 4.78 is 0. The van der Waals surface area contributed by atoms with Crippen LogP contribution in [0.25, 0.3) is 0 Å². The molecule has 1 saturated carbocycles. The average molecular weight is 161 g/mol. The van der Waals surface area contributed by atoms with E-state index in [1.165, 1.54) is 0 Å². The molecule has 0 bridgehead atoms. The monoisotopic (exact) mass is 161 g/mol. The highest BCUT2D eigenvalue weighted by Gasteiger charge is 2.49. The topological polar surface area (TPSA) is 43.1 Å². The maximum atomic E-state index is 11.1. The molecule has 1 aliphatic carbocycles. The number of hydrogen-bond acceptors (Lipinski definition) is 1. The Bertz CT molecular complexity index is 301. The van der Waals surface area contributed by atoms with Crippen LogP contribution in [-0.2, 0) is 10.2 Å². The molecule has 1 fully saturated rings. The van der Waals surface area contributed by atoms with Crippen LogP contribution in [0.2, 0.25) is 0 Å². The van der Waals surface area contributed by atoms with Gasteiger partial charge < -0.3 is 5.73 Å². The first-order valence-corrected chi connectivity index (χ1v) is 4.11. The number of carbonyl (C=O) groups excluding carboxylic acids is 1. The van der Waals surface area contributed by atoms with Crippen LogP contribution in [0.3, 0.4) is 0 Å². The van der Waals surface area contributed by atoms with E-state index in [4.69, 9.17) is 5.73 Å². The van der Waals surface area contributed by atoms with Crippen molar-refractivity contribution in [3.8, 4) is 0 Å². The van der Waals surface area contributed by atoms with Crippen molar-refractivity contribution in [2.45, 2.75) is 18.3 Å². The van der Waals surface area contributed by atoms with Crippen molar-refractivity contribution in [1.29, 1.82) is 0 Å². The van der Waals surface area contributed by atoms with Gasteiger partial charge in [0.1, 0.15) is 0 Å². The summed E-state index contributed by atoms with van der Waals surface area (Å²) in [7, 11) is 0. The van der Waals surface area contributed by atoms with Crippen LogP contribution in [0.5, 0.6) is 0 Å². The minimum absolute atomic E-state index is 0.186. The lowest BCUT2D eigenvalue weighted by Crippen LogP contribution is -2.28. The van der Waals surface area contributed by atoms with Gasteiger partial charge in [-0.25, -0.2) is 0 Å². The number of benzene rings is 1. The van der Waals surface area contributed by atoms with E-state index < -0.39 is 0 Å². The van der Waals surface area contributed by atoms with Crippen molar-refractivity contribution in [2.75, 3.05) is 0 Å². The predicted octanol–water partition coefficient (Wildman–Crippen LogP) is 1.20. The van der Waals surface area contributed by atoms with Crippen molar-refractivity contribution < 1.29 is 4.79 Å². The first kappa shape index (κ1) is 7.35. The van der Waals surface area contributed by atoms with Crippen molar-refractivity contribution >= 4 is 5.91 Å². The van der Waals surface area contributed by atoms with Gasteiger partial charge in [-0.15, -0.1) is 0 Å². The number of nitrogens with two attached hydrogens (primary N) is 1. The lowest BCUT2D eigenvalue weighted by Gasteiger charge is -2.09. The molecule has 12 heavy (non-hydrogen) atoms. The molecule has 0 aromatic heterocycles. The largest absolute Gasteiger partial charge is 0.369 e. The van der Waals surface area contributed by atoms with E-state index in [9.17, 15) is 4.79 Å². The van der Waals surface area contributed by atoms with Crippen molar-refractivity contribution in [3.63, 3.8) is 0 Å². The van der Waals surface area contributed by atoms with E-state index >= 15 is 0 Å². The number of hydrogen-bond donors (Lipinski definition) is 1. The minimum atomic E-state index is -0.318. The van der Waals surface area contributed by atoms with Gasteiger partial charge in [0, 0.05) is 0 Å². The number of primary amides is 1. The molecule has 2 N–H and O–H groups in total. The van der Waals surface area contributed by atoms with Gasteiger partial charge in [-0.05, 0) is 18.4 Å². The Morgan fingerprint density at radius 3 is 2.25 bits per heavy atom. The third kappa shape index (κ3) is 0.916. The molecular weight excluding hydrogens is 150 g/mol. The molecule has 1 aromatic rings. The fraction of sp³-hybridized carbons (Fsp3) is 0.300. The quantitative estimate of drug-likeness (QED) is 0.696. The second-order valence-corrected chi connectivity index (χ2v) is 3.31. The first-order chi connectivity index (χ1) is 5.76. The van der Waals surface area contributed by atoms with Crippen molar-refractivity contribution in [2.24, 2.45) is 5.73 Å². The summed E-state index contributed by atoms with van der Waals surface area (Å²) in [4.78, 5) is 11.1. The summed E-state index contributed by atoms with van der Waals surface area (Å²) in [5.41, 5.74) is 6.07. The van der Waals surface area contributed by atoms with Gasteiger partial charge in [0.25, 0.3) is 0 Å². The van der Waals surface area contributed by atoms with E-state index in [1.54, 1.807) is 0 Å². The average Bonchev–Trinajstić information content (AvgIpc) is 2.86. The third-order valence-electron chi connectivity index (χ3n) is 2.55. The van der Waals surface area contributed by atoms with Crippen molar-refractivity contribution in [3.05, 3.63) is 35.9 Å².